The van der Waals surface area contributed by atoms with Gasteiger partial charge in [0.15, 0.2) is 0 Å². The fourth-order valence-corrected chi connectivity index (χ4v) is 4.69. The van der Waals surface area contributed by atoms with Gasteiger partial charge in [-0.2, -0.15) is 0 Å². The Morgan fingerprint density at radius 2 is 1.77 bits per heavy atom. The molecule has 0 aromatic carbocycles. The van der Waals surface area contributed by atoms with Crippen LogP contribution in [-0.4, -0.2) is 35.5 Å². The second kappa shape index (κ2) is 7.90. The van der Waals surface area contributed by atoms with E-state index in [1.54, 1.807) is 4.90 Å². The first kappa shape index (κ1) is 21.2. The Morgan fingerprint density at radius 3 is 2.31 bits per heavy atom. The second-order valence-corrected chi connectivity index (χ2v) is 10.2. The van der Waals surface area contributed by atoms with E-state index in [1.807, 2.05) is 20.8 Å². The van der Waals surface area contributed by atoms with Crippen LogP contribution in [-0.2, 0) is 14.3 Å². The number of amides is 1. The lowest BCUT2D eigenvalue weighted by molar-refractivity contribution is -0.158. The average molecular weight is 366 g/mol. The first-order chi connectivity index (χ1) is 12.0. The Bertz CT molecular complexity index is 523. The second-order valence-electron chi connectivity index (χ2n) is 10.2. The molecule has 2 fully saturated rings. The molecule has 3 atom stereocenters. The largest absolute Gasteiger partial charge is 0.461 e. The number of hydrogen-bond acceptors (Lipinski definition) is 3. The number of nitrogens with zero attached hydrogens (tertiary/aromatic N) is 1. The predicted molar refractivity (Wildman–Crippen MR) is 105 cm³/mol. The lowest BCUT2D eigenvalue weighted by Crippen LogP contribution is -2.43. The molecule has 1 saturated heterocycles. The van der Waals surface area contributed by atoms with Gasteiger partial charge in [0.25, 0.3) is 0 Å². The molecule has 1 saturated carbocycles. The van der Waals surface area contributed by atoms with E-state index in [0.29, 0.717) is 30.2 Å². The predicted octanol–water partition coefficient (Wildman–Crippen LogP) is 4.81. The van der Waals surface area contributed by atoms with Crippen molar-refractivity contribution in [3.8, 4) is 0 Å². The molecule has 0 radical (unpaired) electrons. The van der Waals surface area contributed by atoms with Gasteiger partial charge in [-0.1, -0.05) is 41.5 Å². The maximum Gasteiger partial charge on any atom is 0.329 e. The molecule has 0 bridgehead atoms. The van der Waals surface area contributed by atoms with Crippen molar-refractivity contribution in [1.29, 1.82) is 0 Å². The highest BCUT2D eigenvalue weighted by Crippen LogP contribution is 2.57. The summed E-state index contributed by atoms with van der Waals surface area (Å²) in [6.07, 6.45) is 5.37. The van der Waals surface area contributed by atoms with Crippen molar-refractivity contribution in [1.82, 2.24) is 4.90 Å². The number of hydrogen-bond donors (Lipinski definition) is 0. The zero-order valence-corrected chi connectivity index (χ0v) is 17.9. The number of ether oxygens (including phenoxy) is 1. The van der Waals surface area contributed by atoms with Crippen LogP contribution in [0.25, 0.3) is 0 Å². The SMILES string of the molecule is CC(C)CC(=O)N1CCCC1C(=O)OC(C)CC1CCC(C)(C)C1(C)C. The van der Waals surface area contributed by atoms with Gasteiger partial charge < -0.3 is 9.64 Å². The van der Waals surface area contributed by atoms with Crippen LogP contribution in [0.4, 0.5) is 0 Å². The van der Waals surface area contributed by atoms with E-state index in [1.165, 1.54) is 12.8 Å². The van der Waals surface area contributed by atoms with Crippen molar-refractivity contribution in [3.63, 3.8) is 0 Å². The summed E-state index contributed by atoms with van der Waals surface area (Å²) in [5, 5.41) is 0. The fourth-order valence-electron chi connectivity index (χ4n) is 4.69. The van der Waals surface area contributed by atoms with Crippen molar-refractivity contribution >= 4 is 11.9 Å². The molecular formula is C22H39NO3. The van der Waals surface area contributed by atoms with Gasteiger partial charge in [0.05, 0.1) is 6.10 Å². The van der Waals surface area contributed by atoms with Gasteiger partial charge in [-0.15, -0.1) is 0 Å². The normalized spacial score (nSPS) is 28.4. The highest BCUT2D eigenvalue weighted by atomic mass is 16.5. The lowest BCUT2D eigenvalue weighted by atomic mass is 9.66. The Labute approximate surface area is 160 Å². The summed E-state index contributed by atoms with van der Waals surface area (Å²) in [6.45, 7) is 16.2. The van der Waals surface area contributed by atoms with Crippen LogP contribution in [0.15, 0.2) is 0 Å². The number of carbonyl (C=O) groups excluding carboxylic acids is 2. The third-order valence-corrected chi connectivity index (χ3v) is 7.24. The summed E-state index contributed by atoms with van der Waals surface area (Å²) < 4.78 is 5.81. The molecule has 1 amide bonds. The van der Waals surface area contributed by atoms with Gasteiger partial charge in [0.2, 0.25) is 5.91 Å². The van der Waals surface area contributed by atoms with E-state index in [0.717, 1.165) is 19.3 Å². The van der Waals surface area contributed by atoms with Crippen molar-refractivity contribution in [3.05, 3.63) is 0 Å². The standard InChI is InChI=1S/C22H39NO3/c1-15(2)13-19(24)23-12-8-9-18(23)20(25)26-16(3)14-17-10-11-21(4,5)22(17,6)7/h15-18H,8-14H2,1-7H3. The maximum absolute atomic E-state index is 12.7. The van der Waals surface area contributed by atoms with Crippen LogP contribution in [0, 0.1) is 22.7 Å². The molecule has 4 nitrogen and oxygen atoms in total. The molecule has 0 N–H and O–H groups in total. The Balaban J connectivity index is 1.91. The van der Waals surface area contributed by atoms with Gasteiger partial charge in [-0.25, -0.2) is 4.79 Å². The van der Waals surface area contributed by atoms with Gasteiger partial charge >= 0.3 is 5.97 Å². The molecule has 0 spiro atoms. The quantitative estimate of drug-likeness (QED) is 0.635. The highest BCUT2D eigenvalue weighted by molar-refractivity contribution is 5.85. The molecule has 2 rings (SSSR count). The molecule has 0 aromatic rings. The van der Waals surface area contributed by atoms with Crippen LogP contribution < -0.4 is 0 Å². The number of esters is 1. The van der Waals surface area contributed by atoms with Crippen LogP contribution >= 0.6 is 0 Å². The average Bonchev–Trinajstić information content (AvgIpc) is 3.06. The first-order valence-electron chi connectivity index (χ1n) is 10.5. The molecule has 3 unspecified atom stereocenters. The van der Waals surface area contributed by atoms with Gasteiger partial charge in [-0.05, 0) is 61.7 Å². The summed E-state index contributed by atoms with van der Waals surface area (Å²) in [5.41, 5.74) is 0.577. The van der Waals surface area contributed by atoms with Crippen molar-refractivity contribution in [2.24, 2.45) is 22.7 Å². The highest BCUT2D eigenvalue weighted by Gasteiger charge is 2.48. The van der Waals surface area contributed by atoms with Gasteiger partial charge in [0.1, 0.15) is 6.04 Å². The van der Waals surface area contributed by atoms with Gasteiger partial charge in [0, 0.05) is 13.0 Å². The lowest BCUT2D eigenvalue weighted by Gasteiger charge is -2.40. The topological polar surface area (TPSA) is 46.6 Å². The first-order valence-corrected chi connectivity index (χ1v) is 10.5. The van der Waals surface area contributed by atoms with E-state index in [-0.39, 0.29) is 29.4 Å². The summed E-state index contributed by atoms with van der Waals surface area (Å²) in [5.74, 6) is 0.766. The van der Waals surface area contributed by atoms with E-state index >= 15 is 0 Å². The molecule has 26 heavy (non-hydrogen) atoms. The summed E-state index contributed by atoms with van der Waals surface area (Å²) in [6, 6.07) is -0.378. The van der Waals surface area contributed by atoms with Crippen LogP contribution in [0.5, 0.6) is 0 Å². The van der Waals surface area contributed by atoms with Gasteiger partial charge in [-0.3, -0.25) is 4.79 Å². The fraction of sp³-hybridized carbons (Fsp3) is 0.909. The third-order valence-electron chi connectivity index (χ3n) is 7.24. The Kier molecular flexibility index (Phi) is 6.45. The third kappa shape index (κ3) is 4.43. The minimum atomic E-state index is -0.378. The zero-order valence-electron chi connectivity index (χ0n) is 17.9. The summed E-state index contributed by atoms with van der Waals surface area (Å²) >= 11 is 0. The monoisotopic (exact) mass is 365 g/mol. The number of carbonyl (C=O) groups is 2. The minimum absolute atomic E-state index is 0.0887. The summed E-state index contributed by atoms with van der Waals surface area (Å²) in [7, 11) is 0. The van der Waals surface area contributed by atoms with Crippen LogP contribution in [0.2, 0.25) is 0 Å². The number of likely N-dealkylation sites (tertiary alicyclic amines) is 1. The smallest absolute Gasteiger partial charge is 0.329 e. The van der Waals surface area contributed by atoms with Crippen molar-refractivity contribution < 1.29 is 14.3 Å². The maximum atomic E-state index is 12.7. The molecule has 150 valence electrons. The van der Waals surface area contributed by atoms with E-state index < -0.39 is 0 Å². The molecule has 4 heteroatoms. The molecular weight excluding hydrogens is 326 g/mol. The van der Waals surface area contributed by atoms with E-state index in [4.69, 9.17) is 4.74 Å². The Hall–Kier alpha value is -1.06. The Morgan fingerprint density at radius 1 is 1.12 bits per heavy atom. The van der Waals surface area contributed by atoms with Crippen LogP contribution in [0.3, 0.4) is 0 Å². The number of rotatable bonds is 6. The van der Waals surface area contributed by atoms with Crippen LogP contribution in [0.1, 0.15) is 87.0 Å². The minimum Gasteiger partial charge on any atom is -0.461 e. The van der Waals surface area contributed by atoms with E-state index in [9.17, 15) is 9.59 Å². The molecule has 0 aromatic heterocycles. The molecule has 1 aliphatic carbocycles. The molecule has 1 aliphatic heterocycles. The van der Waals surface area contributed by atoms with Crippen molar-refractivity contribution in [2.75, 3.05) is 6.54 Å². The molecule has 1 heterocycles. The summed E-state index contributed by atoms with van der Waals surface area (Å²) in [4.78, 5) is 26.9. The van der Waals surface area contributed by atoms with Crippen molar-refractivity contribution in [2.45, 2.75) is 99.1 Å². The van der Waals surface area contributed by atoms with E-state index in [2.05, 4.69) is 27.7 Å². The molecule has 2 aliphatic rings. The zero-order chi connectivity index (χ0) is 19.7.